The highest BCUT2D eigenvalue weighted by Crippen LogP contribution is 2.37. The number of ether oxygens (including phenoxy) is 1. The van der Waals surface area contributed by atoms with Crippen LogP contribution in [0, 0.1) is 5.92 Å². The summed E-state index contributed by atoms with van der Waals surface area (Å²) in [7, 11) is 1.49. The number of hydrogen-bond acceptors (Lipinski definition) is 4. The summed E-state index contributed by atoms with van der Waals surface area (Å²) in [6.07, 6.45) is 3.33. The minimum atomic E-state index is -0.0304. The molecule has 2 bridgehead atoms. The SMILES string of the molecule is CCS[C@@H]1CC[C@H]2N[C@@H]1C[C@@H]2C(=O)OC. The number of carbonyl (C=O) groups excluding carboxylic acids is 1. The fourth-order valence-electron chi connectivity index (χ4n) is 2.81. The van der Waals surface area contributed by atoms with Crippen LogP contribution in [0.5, 0.6) is 0 Å². The van der Waals surface area contributed by atoms with Crippen molar-refractivity contribution >= 4 is 17.7 Å². The lowest BCUT2D eigenvalue weighted by Gasteiger charge is -2.29. The fourth-order valence-corrected chi connectivity index (χ4v) is 3.96. The lowest BCUT2D eigenvalue weighted by Crippen LogP contribution is -2.43. The first kappa shape index (κ1) is 11.3. The molecular formula is C11H19NO2S. The molecule has 0 aromatic carbocycles. The second kappa shape index (κ2) is 4.74. The van der Waals surface area contributed by atoms with Gasteiger partial charge in [0.1, 0.15) is 0 Å². The van der Waals surface area contributed by atoms with E-state index in [4.69, 9.17) is 4.74 Å². The number of piperidine rings is 1. The summed E-state index contributed by atoms with van der Waals surface area (Å²) >= 11 is 2.02. The second-order valence-corrected chi connectivity index (χ2v) is 5.83. The van der Waals surface area contributed by atoms with Gasteiger partial charge in [-0.25, -0.2) is 0 Å². The molecule has 0 unspecified atom stereocenters. The monoisotopic (exact) mass is 229 g/mol. The average molecular weight is 229 g/mol. The molecule has 2 rings (SSSR count). The molecule has 2 heterocycles. The lowest BCUT2D eigenvalue weighted by molar-refractivity contribution is -0.145. The van der Waals surface area contributed by atoms with Crippen molar-refractivity contribution in [3.05, 3.63) is 0 Å². The zero-order valence-electron chi connectivity index (χ0n) is 9.36. The van der Waals surface area contributed by atoms with Crippen LogP contribution in [-0.2, 0) is 9.53 Å². The third-order valence-corrected chi connectivity index (χ3v) is 4.84. The Morgan fingerprint density at radius 2 is 2.27 bits per heavy atom. The molecule has 0 aromatic rings. The number of thioether (sulfide) groups is 1. The van der Waals surface area contributed by atoms with Gasteiger partial charge in [0.15, 0.2) is 0 Å². The van der Waals surface area contributed by atoms with Crippen LogP contribution in [0.25, 0.3) is 0 Å². The third-order valence-electron chi connectivity index (χ3n) is 3.52. The minimum Gasteiger partial charge on any atom is -0.469 e. The fraction of sp³-hybridized carbons (Fsp3) is 0.909. The topological polar surface area (TPSA) is 38.3 Å². The Bertz CT molecular complexity index is 247. The van der Waals surface area contributed by atoms with Gasteiger partial charge in [-0.2, -0.15) is 11.8 Å². The Hall–Kier alpha value is -0.220. The first-order valence-electron chi connectivity index (χ1n) is 5.71. The molecular weight excluding hydrogens is 210 g/mol. The Morgan fingerprint density at radius 1 is 1.47 bits per heavy atom. The molecule has 0 aromatic heterocycles. The molecule has 4 heteroatoms. The van der Waals surface area contributed by atoms with Crippen molar-refractivity contribution in [2.24, 2.45) is 5.92 Å². The van der Waals surface area contributed by atoms with Crippen LogP contribution in [-0.4, -0.2) is 36.2 Å². The quantitative estimate of drug-likeness (QED) is 0.743. The molecule has 0 spiro atoms. The predicted molar refractivity (Wildman–Crippen MR) is 62.0 cm³/mol. The van der Waals surface area contributed by atoms with Crippen LogP contribution in [0.4, 0.5) is 0 Å². The van der Waals surface area contributed by atoms with Crippen LogP contribution in [0.1, 0.15) is 26.2 Å². The van der Waals surface area contributed by atoms with E-state index in [9.17, 15) is 4.79 Å². The summed E-state index contributed by atoms with van der Waals surface area (Å²) in [5, 5.41) is 4.26. The number of hydrogen-bond donors (Lipinski definition) is 1. The zero-order valence-corrected chi connectivity index (χ0v) is 10.2. The highest BCUT2D eigenvalue weighted by Gasteiger charge is 2.45. The summed E-state index contributed by atoms with van der Waals surface area (Å²) in [6, 6.07) is 0.897. The highest BCUT2D eigenvalue weighted by molar-refractivity contribution is 7.99. The van der Waals surface area contributed by atoms with E-state index in [1.807, 2.05) is 11.8 Å². The Labute approximate surface area is 95.3 Å². The van der Waals surface area contributed by atoms with Gasteiger partial charge in [0.25, 0.3) is 0 Å². The number of esters is 1. The normalized spacial score (nSPS) is 39.1. The van der Waals surface area contributed by atoms with Crippen LogP contribution >= 0.6 is 11.8 Å². The first-order chi connectivity index (χ1) is 7.26. The van der Waals surface area contributed by atoms with Crippen LogP contribution in [0.3, 0.4) is 0 Å². The summed E-state index contributed by atoms with van der Waals surface area (Å²) in [5.74, 6) is 1.23. The lowest BCUT2D eigenvalue weighted by atomic mass is 9.99. The van der Waals surface area contributed by atoms with E-state index in [1.165, 1.54) is 13.5 Å². The molecule has 0 amide bonds. The largest absolute Gasteiger partial charge is 0.469 e. The Balaban J connectivity index is 1.98. The summed E-state index contributed by atoms with van der Waals surface area (Å²) < 4.78 is 4.85. The van der Waals surface area contributed by atoms with Crippen LogP contribution in [0.15, 0.2) is 0 Å². The van der Waals surface area contributed by atoms with E-state index in [1.54, 1.807) is 0 Å². The Morgan fingerprint density at radius 3 is 2.93 bits per heavy atom. The molecule has 0 radical (unpaired) electrons. The maximum Gasteiger partial charge on any atom is 0.310 e. The zero-order chi connectivity index (χ0) is 10.8. The van der Waals surface area contributed by atoms with Gasteiger partial charge in [-0.05, 0) is 25.0 Å². The van der Waals surface area contributed by atoms with Crippen LogP contribution in [0.2, 0.25) is 0 Å². The van der Waals surface area contributed by atoms with Gasteiger partial charge in [0.05, 0.1) is 13.0 Å². The second-order valence-electron chi connectivity index (χ2n) is 4.32. The van der Waals surface area contributed by atoms with Gasteiger partial charge in [-0.1, -0.05) is 6.92 Å². The molecule has 2 aliphatic rings. The molecule has 4 atom stereocenters. The van der Waals surface area contributed by atoms with E-state index in [-0.39, 0.29) is 11.9 Å². The minimum absolute atomic E-state index is 0.0304. The molecule has 0 saturated carbocycles. The predicted octanol–water partition coefficient (Wildman–Crippen LogP) is 1.42. The van der Waals surface area contributed by atoms with Crippen molar-refractivity contribution < 1.29 is 9.53 Å². The standard InChI is InChI=1S/C11H19NO2S/c1-3-15-10-5-4-8-7(11(13)14-2)6-9(10)12-8/h7-10,12H,3-6H2,1-2H3/t7-,8+,9+,10+/m0/s1. The average Bonchev–Trinajstić information content (AvgIpc) is 2.60. The molecule has 3 nitrogen and oxygen atoms in total. The van der Waals surface area contributed by atoms with Crippen molar-refractivity contribution in [2.75, 3.05) is 12.9 Å². The van der Waals surface area contributed by atoms with Crippen molar-refractivity contribution in [3.63, 3.8) is 0 Å². The molecule has 15 heavy (non-hydrogen) atoms. The van der Waals surface area contributed by atoms with Crippen molar-refractivity contribution in [2.45, 2.75) is 43.5 Å². The number of fused-ring (bicyclic) bond motifs is 2. The van der Waals surface area contributed by atoms with Gasteiger partial charge in [0, 0.05) is 17.3 Å². The number of carbonyl (C=O) groups is 1. The molecule has 1 N–H and O–H groups in total. The van der Waals surface area contributed by atoms with E-state index < -0.39 is 0 Å². The molecule has 86 valence electrons. The van der Waals surface area contributed by atoms with E-state index in [2.05, 4.69) is 12.2 Å². The van der Waals surface area contributed by atoms with Crippen molar-refractivity contribution in [1.29, 1.82) is 0 Å². The van der Waals surface area contributed by atoms with E-state index in [0.717, 1.165) is 18.6 Å². The van der Waals surface area contributed by atoms with Crippen molar-refractivity contribution in [3.8, 4) is 0 Å². The summed E-state index contributed by atoms with van der Waals surface area (Å²) in [4.78, 5) is 11.6. The van der Waals surface area contributed by atoms with E-state index in [0.29, 0.717) is 17.3 Å². The van der Waals surface area contributed by atoms with Gasteiger partial charge in [-0.3, -0.25) is 4.79 Å². The van der Waals surface area contributed by atoms with Crippen LogP contribution < -0.4 is 5.32 Å². The molecule has 2 saturated heterocycles. The first-order valence-corrected chi connectivity index (χ1v) is 6.76. The number of rotatable bonds is 3. The molecule has 2 fully saturated rings. The van der Waals surface area contributed by atoms with Gasteiger partial charge >= 0.3 is 5.97 Å². The highest BCUT2D eigenvalue weighted by atomic mass is 32.2. The smallest absolute Gasteiger partial charge is 0.310 e. The maximum atomic E-state index is 11.6. The van der Waals surface area contributed by atoms with Crippen molar-refractivity contribution in [1.82, 2.24) is 5.32 Å². The Kier molecular flexibility index (Phi) is 3.57. The maximum absolute atomic E-state index is 11.6. The number of nitrogens with one attached hydrogen (secondary N) is 1. The molecule has 2 aliphatic heterocycles. The van der Waals surface area contributed by atoms with E-state index >= 15 is 0 Å². The van der Waals surface area contributed by atoms with Gasteiger partial charge in [-0.15, -0.1) is 0 Å². The van der Waals surface area contributed by atoms with Gasteiger partial charge < -0.3 is 10.1 Å². The third kappa shape index (κ3) is 2.16. The summed E-state index contributed by atoms with van der Waals surface area (Å²) in [6.45, 7) is 2.20. The molecule has 0 aliphatic carbocycles. The summed E-state index contributed by atoms with van der Waals surface area (Å²) in [5.41, 5.74) is 0. The number of methoxy groups -OCH3 is 1. The van der Waals surface area contributed by atoms with Gasteiger partial charge in [0.2, 0.25) is 0 Å².